The Morgan fingerprint density at radius 3 is 2.53 bits per heavy atom. The van der Waals surface area contributed by atoms with Crippen molar-refractivity contribution in [2.24, 2.45) is 0 Å². The highest BCUT2D eigenvalue weighted by atomic mass is 32.1. The van der Waals surface area contributed by atoms with E-state index >= 15 is 0 Å². The van der Waals surface area contributed by atoms with E-state index in [-0.39, 0.29) is 0 Å². The van der Waals surface area contributed by atoms with Gasteiger partial charge >= 0.3 is 0 Å². The number of piperazine rings is 1. The Balaban J connectivity index is 1.11. The fraction of sp³-hybridized carbons (Fsp3) is 0.500. The molecule has 34 heavy (non-hydrogen) atoms. The number of rotatable bonds is 8. The number of nitrogens with zero attached hydrogens (tertiary/aromatic N) is 3. The van der Waals surface area contributed by atoms with Crippen LogP contribution in [0.5, 0.6) is 11.5 Å². The molecule has 1 aromatic heterocycles. The number of thiophene rings is 1. The predicted molar refractivity (Wildman–Crippen MR) is 144 cm³/mol. The normalized spacial score (nSPS) is 17.4. The van der Waals surface area contributed by atoms with Crippen molar-refractivity contribution in [2.45, 2.75) is 32.6 Å². The molecule has 0 bridgehead atoms. The Morgan fingerprint density at radius 2 is 1.74 bits per heavy atom. The van der Waals surface area contributed by atoms with Gasteiger partial charge in [0.05, 0.1) is 13.7 Å². The predicted octanol–water partition coefficient (Wildman–Crippen LogP) is 5.80. The van der Waals surface area contributed by atoms with Crippen molar-refractivity contribution in [3.05, 3.63) is 47.3 Å². The zero-order chi connectivity index (χ0) is 23.3. The van der Waals surface area contributed by atoms with Gasteiger partial charge in [0.25, 0.3) is 0 Å². The van der Waals surface area contributed by atoms with E-state index in [0.29, 0.717) is 6.61 Å². The van der Waals surface area contributed by atoms with Gasteiger partial charge in [0.1, 0.15) is 0 Å². The van der Waals surface area contributed by atoms with Crippen molar-refractivity contribution in [3.8, 4) is 11.5 Å². The summed E-state index contributed by atoms with van der Waals surface area (Å²) in [7, 11) is 1.75. The summed E-state index contributed by atoms with van der Waals surface area (Å²) in [5.41, 5.74) is 3.81. The van der Waals surface area contributed by atoms with Gasteiger partial charge in [-0.05, 0) is 67.8 Å². The quantitative estimate of drug-likeness (QED) is 0.381. The molecular formula is C28H37N3O2S. The molecule has 6 heteroatoms. The summed E-state index contributed by atoms with van der Waals surface area (Å²) < 4.78 is 13.3. The molecule has 0 radical (unpaired) electrons. The number of fused-ring (bicyclic) bond motifs is 1. The lowest BCUT2D eigenvalue weighted by atomic mass is 10.1. The number of piperidine rings is 1. The lowest BCUT2D eigenvalue weighted by Gasteiger charge is -2.36. The third kappa shape index (κ3) is 5.13. The molecule has 0 atom stereocenters. The number of hydrogen-bond donors (Lipinski definition) is 0. The summed E-state index contributed by atoms with van der Waals surface area (Å²) in [4.78, 5) is 7.58. The van der Waals surface area contributed by atoms with Gasteiger partial charge in [-0.3, -0.25) is 4.90 Å². The molecule has 5 nitrogen and oxygen atoms in total. The van der Waals surface area contributed by atoms with E-state index in [2.05, 4.69) is 63.4 Å². The second kappa shape index (κ2) is 10.9. The lowest BCUT2D eigenvalue weighted by molar-refractivity contribution is 0.221. The van der Waals surface area contributed by atoms with Crippen molar-refractivity contribution in [1.29, 1.82) is 0 Å². The minimum absolute atomic E-state index is 0.717. The molecule has 3 heterocycles. The number of methoxy groups -OCH3 is 1. The smallest absolute Gasteiger partial charge is 0.164 e. The first-order valence-corrected chi connectivity index (χ1v) is 13.6. The van der Waals surface area contributed by atoms with Gasteiger partial charge < -0.3 is 19.3 Å². The van der Waals surface area contributed by atoms with Crippen LogP contribution < -0.4 is 19.3 Å². The van der Waals surface area contributed by atoms with Crippen LogP contribution in [0.25, 0.3) is 10.1 Å². The average molecular weight is 480 g/mol. The van der Waals surface area contributed by atoms with Crippen molar-refractivity contribution >= 4 is 32.8 Å². The molecule has 2 aliphatic heterocycles. The fourth-order valence-electron chi connectivity index (χ4n) is 5.32. The summed E-state index contributed by atoms with van der Waals surface area (Å²) in [5.74, 6) is 1.76. The van der Waals surface area contributed by atoms with Crippen LogP contribution in [0.15, 0.2) is 41.8 Å². The Morgan fingerprint density at radius 1 is 0.912 bits per heavy atom. The molecule has 0 amide bonds. The first-order valence-electron chi connectivity index (χ1n) is 12.7. The molecule has 3 aromatic rings. The molecule has 0 unspecified atom stereocenters. The molecular weight excluding hydrogens is 442 g/mol. The summed E-state index contributed by atoms with van der Waals surface area (Å²) in [5, 5.41) is 3.59. The summed E-state index contributed by atoms with van der Waals surface area (Å²) in [6, 6.07) is 13.3. The molecule has 182 valence electrons. The second-order valence-electron chi connectivity index (χ2n) is 9.48. The van der Waals surface area contributed by atoms with Crippen LogP contribution in [-0.2, 0) is 0 Å². The topological polar surface area (TPSA) is 28.2 Å². The Hall–Kier alpha value is -2.44. The number of anilines is 2. The van der Waals surface area contributed by atoms with Gasteiger partial charge in [-0.2, -0.15) is 0 Å². The van der Waals surface area contributed by atoms with E-state index in [1.54, 1.807) is 7.11 Å². The molecule has 2 aliphatic rings. The minimum Gasteiger partial charge on any atom is -0.493 e. The van der Waals surface area contributed by atoms with Crippen LogP contribution in [-0.4, -0.2) is 64.4 Å². The van der Waals surface area contributed by atoms with Crippen LogP contribution >= 0.6 is 11.3 Å². The van der Waals surface area contributed by atoms with Gasteiger partial charge in [0.15, 0.2) is 11.5 Å². The molecule has 2 aromatic carbocycles. The average Bonchev–Trinajstić information content (AvgIpc) is 3.37. The van der Waals surface area contributed by atoms with Gasteiger partial charge in [0.2, 0.25) is 0 Å². The summed E-state index contributed by atoms with van der Waals surface area (Å²) in [6.45, 7) is 10.6. The standard InChI is InChI=1S/C28H37N3O2S/c1-22-20-23(30-12-4-3-5-13-30)21-26(32-2)28(22)33-18-7-11-29-14-16-31(17-15-29)25-8-6-9-27-24(25)10-19-34-27/h6,8-10,19-21H,3-5,7,11-18H2,1-2H3. The fourth-order valence-corrected chi connectivity index (χ4v) is 6.13. The molecule has 0 aliphatic carbocycles. The summed E-state index contributed by atoms with van der Waals surface area (Å²) >= 11 is 1.83. The highest BCUT2D eigenvalue weighted by Crippen LogP contribution is 2.36. The van der Waals surface area contributed by atoms with E-state index in [1.165, 1.54) is 40.7 Å². The van der Waals surface area contributed by atoms with Crippen molar-refractivity contribution in [2.75, 3.05) is 69.3 Å². The Bertz CT molecular complexity index is 1080. The van der Waals surface area contributed by atoms with Crippen molar-refractivity contribution in [1.82, 2.24) is 4.90 Å². The van der Waals surface area contributed by atoms with E-state index in [4.69, 9.17) is 9.47 Å². The Labute approximate surface area is 207 Å². The number of benzene rings is 2. The zero-order valence-electron chi connectivity index (χ0n) is 20.6. The molecule has 0 saturated carbocycles. The van der Waals surface area contributed by atoms with Crippen LogP contribution in [0.3, 0.4) is 0 Å². The monoisotopic (exact) mass is 479 g/mol. The maximum absolute atomic E-state index is 6.24. The molecule has 2 saturated heterocycles. The number of hydrogen-bond acceptors (Lipinski definition) is 6. The third-order valence-corrected chi connectivity index (χ3v) is 8.10. The van der Waals surface area contributed by atoms with Gasteiger partial charge in [-0.15, -0.1) is 11.3 Å². The molecule has 0 N–H and O–H groups in total. The highest BCUT2D eigenvalue weighted by molar-refractivity contribution is 7.17. The van der Waals surface area contributed by atoms with Crippen LogP contribution in [0.4, 0.5) is 11.4 Å². The van der Waals surface area contributed by atoms with E-state index in [0.717, 1.165) is 69.3 Å². The molecule has 5 rings (SSSR count). The number of ether oxygens (including phenoxy) is 2. The van der Waals surface area contributed by atoms with Gasteiger partial charge in [-0.25, -0.2) is 0 Å². The summed E-state index contributed by atoms with van der Waals surface area (Å²) in [6.07, 6.45) is 4.92. The zero-order valence-corrected chi connectivity index (χ0v) is 21.4. The maximum Gasteiger partial charge on any atom is 0.164 e. The van der Waals surface area contributed by atoms with E-state index < -0.39 is 0 Å². The van der Waals surface area contributed by atoms with Crippen LogP contribution in [0.2, 0.25) is 0 Å². The van der Waals surface area contributed by atoms with E-state index in [1.807, 2.05) is 11.3 Å². The molecule has 0 spiro atoms. The van der Waals surface area contributed by atoms with Crippen LogP contribution in [0.1, 0.15) is 31.2 Å². The number of aryl methyl sites for hydroxylation is 1. The third-order valence-electron chi connectivity index (χ3n) is 7.22. The Kier molecular flexibility index (Phi) is 7.45. The van der Waals surface area contributed by atoms with Crippen LogP contribution in [0, 0.1) is 6.92 Å². The highest BCUT2D eigenvalue weighted by Gasteiger charge is 2.19. The second-order valence-corrected chi connectivity index (χ2v) is 10.4. The first kappa shape index (κ1) is 23.3. The lowest BCUT2D eigenvalue weighted by Crippen LogP contribution is -2.46. The van der Waals surface area contributed by atoms with Crippen molar-refractivity contribution in [3.63, 3.8) is 0 Å². The minimum atomic E-state index is 0.717. The van der Waals surface area contributed by atoms with E-state index in [9.17, 15) is 0 Å². The van der Waals surface area contributed by atoms with Crippen molar-refractivity contribution < 1.29 is 9.47 Å². The maximum atomic E-state index is 6.24. The SMILES string of the molecule is COc1cc(N2CCCCC2)cc(C)c1OCCCN1CCN(c2cccc3sccc23)CC1. The van der Waals surface area contributed by atoms with Gasteiger partial charge in [0, 0.05) is 73.3 Å². The first-order chi connectivity index (χ1) is 16.7. The largest absolute Gasteiger partial charge is 0.493 e. The molecule has 2 fully saturated rings. The van der Waals surface area contributed by atoms with Gasteiger partial charge in [-0.1, -0.05) is 6.07 Å².